The molecule has 0 saturated carbocycles. The van der Waals surface area contributed by atoms with Gasteiger partial charge < -0.3 is 10.2 Å². The van der Waals surface area contributed by atoms with Crippen molar-refractivity contribution in [2.24, 2.45) is 5.92 Å². The summed E-state index contributed by atoms with van der Waals surface area (Å²) in [5, 5.41) is 14.7. The van der Waals surface area contributed by atoms with E-state index in [-0.39, 0.29) is 17.4 Å². The quantitative estimate of drug-likeness (QED) is 0.262. The highest BCUT2D eigenvalue weighted by molar-refractivity contribution is 7.08. The maximum atomic E-state index is 13.1. The fourth-order valence-electron chi connectivity index (χ4n) is 5.02. The highest BCUT2D eigenvalue weighted by atomic mass is 32.1. The minimum Gasteiger partial charge on any atom is -0.339 e. The average molecular weight is 556 g/mol. The molecule has 208 valence electrons. The van der Waals surface area contributed by atoms with Gasteiger partial charge in [0.25, 0.3) is 5.91 Å². The van der Waals surface area contributed by atoms with Gasteiger partial charge in [-0.05, 0) is 73.4 Å². The molecular formula is C32H37N5O2S. The van der Waals surface area contributed by atoms with Crippen molar-refractivity contribution in [3.63, 3.8) is 0 Å². The van der Waals surface area contributed by atoms with Crippen molar-refractivity contribution in [2.45, 2.75) is 52.4 Å². The van der Waals surface area contributed by atoms with E-state index in [9.17, 15) is 9.59 Å². The Hall–Kier alpha value is -3.91. The number of anilines is 2. The summed E-state index contributed by atoms with van der Waals surface area (Å²) in [5.74, 6) is 1.26. The van der Waals surface area contributed by atoms with Gasteiger partial charge in [-0.2, -0.15) is 16.4 Å². The van der Waals surface area contributed by atoms with E-state index >= 15 is 0 Å². The summed E-state index contributed by atoms with van der Waals surface area (Å²) >= 11 is 1.56. The number of nitrogens with zero attached hydrogens (tertiary/aromatic N) is 3. The molecule has 8 heteroatoms. The summed E-state index contributed by atoms with van der Waals surface area (Å²) in [4.78, 5) is 27.7. The van der Waals surface area contributed by atoms with Gasteiger partial charge in [-0.1, -0.05) is 50.6 Å². The second-order valence-electron chi connectivity index (χ2n) is 11.6. The van der Waals surface area contributed by atoms with E-state index in [1.165, 1.54) is 5.56 Å². The number of benzene rings is 2. The van der Waals surface area contributed by atoms with Crippen molar-refractivity contribution in [2.75, 3.05) is 23.7 Å². The Balaban J connectivity index is 1.21. The molecule has 3 amide bonds. The summed E-state index contributed by atoms with van der Waals surface area (Å²) < 4.78 is 1.78. The molecule has 0 unspecified atom stereocenters. The van der Waals surface area contributed by atoms with E-state index in [1.807, 2.05) is 77.2 Å². The first-order valence-corrected chi connectivity index (χ1v) is 14.8. The molecule has 1 aliphatic rings. The van der Waals surface area contributed by atoms with Gasteiger partial charge in [0.2, 0.25) is 0 Å². The molecule has 3 heterocycles. The van der Waals surface area contributed by atoms with Crippen molar-refractivity contribution >= 4 is 34.8 Å². The maximum Gasteiger partial charge on any atom is 0.324 e. The number of amides is 3. The molecule has 0 aliphatic carbocycles. The lowest BCUT2D eigenvalue weighted by molar-refractivity contribution is 0.0691. The Kier molecular flexibility index (Phi) is 8.07. The topological polar surface area (TPSA) is 79.3 Å². The summed E-state index contributed by atoms with van der Waals surface area (Å²) in [7, 11) is 0. The molecule has 0 spiro atoms. The summed E-state index contributed by atoms with van der Waals surface area (Å²) in [6.07, 6.45) is 2.88. The number of carbonyl (C=O) groups excluding carboxylic acids is 2. The number of urea groups is 1. The minimum absolute atomic E-state index is 0.134. The van der Waals surface area contributed by atoms with Crippen LogP contribution in [-0.2, 0) is 11.8 Å². The molecule has 0 atom stereocenters. The SMILES string of the molecule is Cc1ccc(-n2nc(C(C)(C)C)cc2NC(=O)Nc2cccc(CC3CCN(C(=O)c4ccsc4)CC3)c2)cc1. The number of nitrogens with one attached hydrogen (secondary N) is 2. The lowest BCUT2D eigenvalue weighted by Gasteiger charge is -2.32. The van der Waals surface area contributed by atoms with E-state index < -0.39 is 0 Å². The average Bonchev–Trinajstić information content (AvgIpc) is 3.60. The fourth-order valence-corrected chi connectivity index (χ4v) is 5.65. The van der Waals surface area contributed by atoms with Crippen LogP contribution in [0.25, 0.3) is 5.69 Å². The summed E-state index contributed by atoms with van der Waals surface area (Å²) in [5.41, 5.74) is 5.51. The fraction of sp³-hybridized carbons (Fsp3) is 0.344. The van der Waals surface area contributed by atoms with E-state index in [2.05, 4.69) is 37.5 Å². The number of piperidine rings is 1. The molecule has 1 fully saturated rings. The van der Waals surface area contributed by atoms with Crippen LogP contribution < -0.4 is 10.6 Å². The third-order valence-electron chi connectivity index (χ3n) is 7.38. The van der Waals surface area contributed by atoms with E-state index in [0.29, 0.717) is 11.7 Å². The van der Waals surface area contributed by atoms with Crippen LogP contribution in [0.1, 0.15) is 60.8 Å². The zero-order valence-corrected chi connectivity index (χ0v) is 24.4. The summed E-state index contributed by atoms with van der Waals surface area (Å²) in [6.45, 7) is 9.93. The highest BCUT2D eigenvalue weighted by Gasteiger charge is 2.24. The first kappa shape index (κ1) is 27.6. The molecule has 2 aromatic heterocycles. The second-order valence-corrected chi connectivity index (χ2v) is 12.4. The zero-order chi connectivity index (χ0) is 28.3. The predicted molar refractivity (Wildman–Crippen MR) is 163 cm³/mol. The molecule has 7 nitrogen and oxygen atoms in total. The second kappa shape index (κ2) is 11.7. The number of rotatable bonds is 6. The standard InChI is InChI=1S/C32H37N5O2S/c1-22-8-10-27(11-9-22)37-29(20-28(35-37)32(2,3)4)34-31(39)33-26-7-5-6-24(19-26)18-23-12-15-36(16-13-23)30(38)25-14-17-40-21-25/h5-11,14,17,19-21,23H,12-13,15-16,18H2,1-4H3,(H2,33,34,39). The summed E-state index contributed by atoms with van der Waals surface area (Å²) in [6, 6.07) is 19.6. The Bertz CT molecular complexity index is 1460. The molecule has 4 aromatic rings. The van der Waals surface area contributed by atoms with Crippen LogP contribution in [0.2, 0.25) is 0 Å². The van der Waals surface area contributed by atoms with Gasteiger partial charge in [0.1, 0.15) is 5.82 Å². The van der Waals surface area contributed by atoms with Gasteiger partial charge in [-0.3, -0.25) is 10.1 Å². The number of hydrogen-bond acceptors (Lipinski definition) is 4. The van der Waals surface area contributed by atoms with Gasteiger partial charge in [-0.25, -0.2) is 9.48 Å². The van der Waals surface area contributed by atoms with Crippen molar-refractivity contribution in [3.8, 4) is 5.69 Å². The molecule has 40 heavy (non-hydrogen) atoms. The monoisotopic (exact) mass is 555 g/mol. The third-order valence-corrected chi connectivity index (χ3v) is 8.06. The van der Waals surface area contributed by atoms with E-state index in [0.717, 1.165) is 60.5 Å². The smallest absolute Gasteiger partial charge is 0.324 e. The molecule has 2 N–H and O–H groups in total. The zero-order valence-electron chi connectivity index (χ0n) is 23.6. The van der Waals surface area contributed by atoms with Crippen LogP contribution in [0.3, 0.4) is 0 Å². The molecule has 5 rings (SSSR count). The Labute approximate surface area is 240 Å². The third kappa shape index (κ3) is 6.62. The van der Waals surface area contributed by atoms with E-state index in [1.54, 1.807) is 16.0 Å². The van der Waals surface area contributed by atoms with Crippen molar-refractivity contribution < 1.29 is 9.59 Å². The van der Waals surface area contributed by atoms with Gasteiger partial charge in [0.05, 0.1) is 16.9 Å². The lowest BCUT2D eigenvalue weighted by atomic mass is 9.90. The van der Waals surface area contributed by atoms with Crippen LogP contribution >= 0.6 is 11.3 Å². The molecule has 1 saturated heterocycles. The number of thiophene rings is 1. The number of aryl methyl sites for hydroxylation is 1. The Morgan fingerprint density at radius 2 is 1.75 bits per heavy atom. The molecule has 0 radical (unpaired) electrons. The van der Waals surface area contributed by atoms with Gasteiger partial charge in [0.15, 0.2) is 0 Å². The first-order valence-electron chi connectivity index (χ1n) is 13.8. The van der Waals surface area contributed by atoms with Crippen LogP contribution in [0.5, 0.6) is 0 Å². The van der Waals surface area contributed by atoms with Crippen LogP contribution in [0, 0.1) is 12.8 Å². The largest absolute Gasteiger partial charge is 0.339 e. The minimum atomic E-state index is -0.314. The highest BCUT2D eigenvalue weighted by Crippen LogP contribution is 2.27. The van der Waals surface area contributed by atoms with Crippen molar-refractivity contribution in [1.82, 2.24) is 14.7 Å². The molecule has 2 aromatic carbocycles. The van der Waals surface area contributed by atoms with Crippen LogP contribution in [0.15, 0.2) is 71.4 Å². The number of hydrogen-bond donors (Lipinski definition) is 2. The number of aromatic nitrogens is 2. The van der Waals surface area contributed by atoms with Crippen LogP contribution in [-0.4, -0.2) is 39.7 Å². The Morgan fingerprint density at radius 1 is 1.00 bits per heavy atom. The van der Waals surface area contributed by atoms with Gasteiger partial charge in [-0.15, -0.1) is 0 Å². The molecule has 1 aliphatic heterocycles. The van der Waals surface area contributed by atoms with Gasteiger partial charge >= 0.3 is 6.03 Å². The lowest BCUT2D eigenvalue weighted by Crippen LogP contribution is -2.38. The number of likely N-dealkylation sites (tertiary alicyclic amines) is 1. The van der Waals surface area contributed by atoms with Gasteiger partial charge in [0, 0.05) is 35.6 Å². The van der Waals surface area contributed by atoms with Crippen molar-refractivity contribution in [1.29, 1.82) is 0 Å². The van der Waals surface area contributed by atoms with E-state index in [4.69, 9.17) is 5.10 Å². The maximum absolute atomic E-state index is 13.1. The normalized spacial score (nSPS) is 14.2. The first-order chi connectivity index (χ1) is 19.2. The molecule has 0 bridgehead atoms. The Morgan fingerprint density at radius 3 is 2.42 bits per heavy atom. The van der Waals surface area contributed by atoms with Crippen LogP contribution in [0.4, 0.5) is 16.3 Å². The molecular weight excluding hydrogens is 518 g/mol. The predicted octanol–water partition coefficient (Wildman–Crippen LogP) is 7.28. The number of carbonyl (C=O) groups is 2. The van der Waals surface area contributed by atoms with Crippen molar-refractivity contribution in [3.05, 3.63) is 93.8 Å².